The maximum atomic E-state index is 11.9. The molecule has 2 N–H and O–H groups in total. The Morgan fingerprint density at radius 1 is 1.29 bits per heavy atom. The first kappa shape index (κ1) is 17.5. The van der Waals surface area contributed by atoms with Crippen LogP contribution in [0.2, 0.25) is 0 Å². The topological polar surface area (TPSA) is 69.6 Å². The smallest absolute Gasteiger partial charge is 0.304 e. The second-order valence-electron chi connectivity index (χ2n) is 5.27. The van der Waals surface area contributed by atoms with Crippen LogP contribution in [-0.2, 0) is 22.4 Å². The normalized spacial score (nSPS) is 12.7. The van der Waals surface area contributed by atoms with E-state index in [0.717, 1.165) is 18.5 Å². The Morgan fingerprint density at radius 3 is 2.71 bits per heavy atom. The number of aliphatic carboxylic acids is 1. The Hall–Kier alpha value is -1.59. The highest BCUT2D eigenvalue weighted by Gasteiger charge is 2.12. The zero-order valence-electron chi connectivity index (χ0n) is 12.1. The summed E-state index contributed by atoms with van der Waals surface area (Å²) in [4.78, 5) is 24.0. The number of nitrogens with zero attached hydrogens (tertiary/aromatic N) is 1. The standard InChI is InChI=1S/C15H20N2O3.ClH/c1-17(8-7-15(19)20)10-14(18)16-13-6-5-11-3-2-4-12(11)9-13;/h5-6,9H,2-4,7-8,10H2,1H3,(H,16,18)(H,19,20);1H. The lowest BCUT2D eigenvalue weighted by atomic mass is 10.1. The number of carbonyl (C=O) groups is 2. The molecule has 0 saturated carbocycles. The van der Waals surface area contributed by atoms with Crippen LogP contribution in [0.5, 0.6) is 0 Å². The van der Waals surface area contributed by atoms with E-state index in [2.05, 4.69) is 11.4 Å². The van der Waals surface area contributed by atoms with Crippen molar-refractivity contribution < 1.29 is 14.7 Å². The van der Waals surface area contributed by atoms with Gasteiger partial charge in [-0.1, -0.05) is 6.07 Å². The second kappa shape index (κ2) is 8.00. The summed E-state index contributed by atoms with van der Waals surface area (Å²) in [6, 6.07) is 6.04. The molecule has 0 radical (unpaired) electrons. The third-order valence-electron chi connectivity index (χ3n) is 3.50. The van der Waals surface area contributed by atoms with Crippen LogP contribution in [0.3, 0.4) is 0 Å². The van der Waals surface area contributed by atoms with E-state index in [-0.39, 0.29) is 31.3 Å². The molecular formula is C15H21ClN2O3. The molecule has 0 heterocycles. The molecule has 5 nitrogen and oxygen atoms in total. The van der Waals surface area contributed by atoms with Crippen LogP contribution in [0, 0.1) is 0 Å². The molecule has 1 aliphatic carbocycles. The van der Waals surface area contributed by atoms with Crippen LogP contribution >= 0.6 is 12.4 Å². The van der Waals surface area contributed by atoms with E-state index < -0.39 is 5.97 Å². The number of nitrogens with one attached hydrogen (secondary N) is 1. The lowest BCUT2D eigenvalue weighted by Crippen LogP contribution is -2.31. The van der Waals surface area contributed by atoms with Gasteiger partial charge in [0.05, 0.1) is 13.0 Å². The van der Waals surface area contributed by atoms with E-state index in [4.69, 9.17) is 5.11 Å². The number of carbonyl (C=O) groups excluding carboxylic acids is 1. The van der Waals surface area contributed by atoms with Crippen molar-refractivity contribution in [3.05, 3.63) is 29.3 Å². The molecule has 1 amide bonds. The Kier molecular flexibility index (Phi) is 6.65. The molecule has 0 saturated heterocycles. The minimum Gasteiger partial charge on any atom is -0.481 e. The molecule has 21 heavy (non-hydrogen) atoms. The number of fused-ring (bicyclic) bond motifs is 1. The lowest BCUT2D eigenvalue weighted by Gasteiger charge is -2.15. The molecule has 0 fully saturated rings. The summed E-state index contributed by atoms with van der Waals surface area (Å²) in [6.45, 7) is 0.567. The van der Waals surface area contributed by atoms with Gasteiger partial charge in [-0.3, -0.25) is 14.5 Å². The molecule has 116 valence electrons. The number of rotatable bonds is 6. The van der Waals surface area contributed by atoms with Gasteiger partial charge in [-0.15, -0.1) is 12.4 Å². The molecule has 0 aliphatic heterocycles. The van der Waals surface area contributed by atoms with Crippen molar-refractivity contribution in [3.8, 4) is 0 Å². The number of carboxylic acids is 1. The number of benzene rings is 1. The van der Waals surface area contributed by atoms with Gasteiger partial charge < -0.3 is 10.4 Å². The first-order valence-corrected chi connectivity index (χ1v) is 6.86. The third-order valence-corrected chi connectivity index (χ3v) is 3.50. The summed E-state index contributed by atoms with van der Waals surface area (Å²) < 4.78 is 0. The van der Waals surface area contributed by atoms with Gasteiger partial charge in [0, 0.05) is 12.2 Å². The van der Waals surface area contributed by atoms with Gasteiger partial charge in [0.25, 0.3) is 0 Å². The molecule has 6 heteroatoms. The molecule has 0 bridgehead atoms. The third kappa shape index (κ3) is 5.36. The predicted molar refractivity (Wildman–Crippen MR) is 84.1 cm³/mol. The fourth-order valence-electron chi connectivity index (χ4n) is 2.46. The number of amides is 1. The highest BCUT2D eigenvalue weighted by Crippen LogP contribution is 2.24. The average Bonchev–Trinajstić information content (AvgIpc) is 2.83. The van der Waals surface area contributed by atoms with Crippen LogP contribution in [0.4, 0.5) is 5.69 Å². The van der Waals surface area contributed by atoms with Crippen molar-refractivity contribution in [3.63, 3.8) is 0 Å². The van der Waals surface area contributed by atoms with E-state index in [1.807, 2.05) is 12.1 Å². The van der Waals surface area contributed by atoms with Gasteiger partial charge in [0.15, 0.2) is 0 Å². The fourth-order valence-corrected chi connectivity index (χ4v) is 2.46. The number of anilines is 1. The van der Waals surface area contributed by atoms with Gasteiger partial charge in [-0.2, -0.15) is 0 Å². The first-order valence-electron chi connectivity index (χ1n) is 6.86. The highest BCUT2D eigenvalue weighted by atomic mass is 35.5. The van der Waals surface area contributed by atoms with Crippen molar-refractivity contribution in [1.82, 2.24) is 4.90 Å². The van der Waals surface area contributed by atoms with Crippen molar-refractivity contribution in [2.75, 3.05) is 25.5 Å². The quantitative estimate of drug-likeness (QED) is 0.842. The SMILES string of the molecule is CN(CCC(=O)O)CC(=O)Nc1ccc2c(c1)CCC2.Cl. The zero-order chi connectivity index (χ0) is 14.5. The molecule has 0 aromatic heterocycles. The summed E-state index contributed by atoms with van der Waals surface area (Å²) >= 11 is 0. The maximum absolute atomic E-state index is 11.9. The monoisotopic (exact) mass is 312 g/mol. The van der Waals surface area contributed by atoms with Gasteiger partial charge in [-0.25, -0.2) is 0 Å². The fraction of sp³-hybridized carbons (Fsp3) is 0.467. The van der Waals surface area contributed by atoms with Crippen LogP contribution in [0.1, 0.15) is 24.0 Å². The van der Waals surface area contributed by atoms with Crippen molar-refractivity contribution in [1.29, 1.82) is 0 Å². The van der Waals surface area contributed by atoms with Gasteiger partial charge in [-0.05, 0) is 49.6 Å². The molecular weight excluding hydrogens is 292 g/mol. The molecule has 1 aliphatic rings. The number of hydrogen-bond donors (Lipinski definition) is 2. The van der Waals surface area contributed by atoms with Crippen molar-refractivity contribution in [2.45, 2.75) is 25.7 Å². The Morgan fingerprint density at radius 2 is 2.00 bits per heavy atom. The van der Waals surface area contributed by atoms with E-state index in [1.54, 1.807) is 11.9 Å². The molecule has 2 rings (SSSR count). The van der Waals surface area contributed by atoms with Crippen LogP contribution in [0.25, 0.3) is 0 Å². The van der Waals surface area contributed by atoms with Crippen LogP contribution < -0.4 is 5.32 Å². The largest absolute Gasteiger partial charge is 0.481 e. The molecule has 0 atom stereocenters. The lowest BCUT2D eigenvalue weighted by molar-refractivity contribution is -0.137. The first-order chi connectivity index (χ1) is 9.54. The highest BCUT2D eigenvalue weighted by molar-refractivity contribution is 5.92. The van der Waals surface area contributed by atoms with Gasteiger partial charge in [0.2, 0.25) is 5.91 Å². The number of carboxylic acid groups (broad SMARTS) is 1. The molecule has 0 unspecified atom stereocenters. The summed E-state index contributed by atoms with van der Waals surface area (Å²) in [5, 5.41) is 11.5. The minimum absolute atomic E-state index is 0. The van der Waals surface area contributed by atoms with Gasteiger partial charge >= 0.3 is 5.97 Å². The summed E-state index contributed by atoms with van der Waals surface area (Å²) in [5.41, 5.74) is 3.52. The number of halogens is 1. The van der Waals surface area contributed by atoms with Crippen molar-refractivity contribution in [2.24, 2.45) is 0 Å². The molecule has 1 aromatic carbocycles. The summed E-state index contributed by atoms with van der Waals surface area (Å²) in [7, 11) is 1.74. The number of aryl methyl sites for hydroxylation is 2. The maximum Gasteiger partial charge on any atom is 0.304 e. The molecule has 0 spiro atoms. The Bertz CT molecular complexity index is 520. The van der Waals surface area contributed by atoms with Crippen LogP contribution in [0.15, 0.2) is 18.2 Å². The van der Waals surface area contributed by atoms with Crippen LogP contribution in [-0.4, -0.2) is 42.0 Å². The minimum atomic E-state index is -0.851. The predicted octanol–water partition coefficient (Wildman–Crippen LogP) is 1.94. The van der Waals surface area contributed by atoms with E-state index in [0.29, 0.717) is 6.54 Å². The Balaban J connectivity index is 0.00000220. The zero-order valence-corrected chi connectivity index (χ0v) is 12.9. The Labute approximate surface area is 130 Å². The molecule has 1 aromatic rings. The number of hydrogen-bond acceptors (Lipinski definition) is 3. The van der Waals surface area contributed by atoms with Crippen molar-refractivity contribution >= 4 is 30.0 Å². The van der Waals surface area contributed by atoms with Gasteiger partial charge in [0.1, 0.15) is 0 Å². The summed E-state index contributed by atoms with van der Waals surface area (Å²) in [5.74, 6) is -0.966. The second-order valence-corrected chi connectivity index (χ2v) is 5.27. The van der Waals surface area contributed by atoms with E-state index in [1.165, 1.54) is 17.5 Å². The average molecular weight is 313 g/mol. The summed E-state index contributed by atoms with van der Waals surface area (Å²) in [6.07, 6.45) is 3.44. The van der Waals surface area contributed by atoms with E-state index in [9.17, 15) is 9.59 Å². The van der Waals surface area contributed by atoms with E-state index >= 15 is 0 Å². The number of likely N-dealkylation sites (N-methyl/N-ethyl adjacent to an activating group) is 1.